The zero-order valence-corrected chi connectivity index (χ0v) is 16.6. The van der Waals surface area contributed by atoms with Gasteiger partial charge in [-0.1, -0.05) is 37.1 Å². The Balaban J connectivity index is 1.64. The van der Waals surface area contributed by atoms with E-state index in [-0.39, 0.29) is 28.8 Å². The highest BCUT2D eigenvalue weighted by atomic mass is 16.5. The van der Waals surface area contributed by atoms with Crippen molar-refractivity contribution in [1.82, 2.24) is 0 Å². The molecule has 0 aromatic carbocycles. The molecule has 4 rings (SSSR count). The molecular formula is C23H32O3. The molecule has 0 aromatic heterocycles. The number of hydrogen-bond donors (Lipinski definition) is 0. The highest BCUT2D eigenvalue weighted by Gasteiger charge is 2.57. The summed E-state index contributed by atoms with van der Waals surface area (Å²) in [7, 11) is 0. The first-order chi connectivity index (χ1) is 12.3. The van der Waals surface area contributed by atoms with Crippen molar-refractivity contribution in [3.8, 4) is 0 Å². The Labute approximate surface area is 157 Å². The van der Waals surface area contributed by atoms with Crippen LogP contribution >= 0.6 is 0 Å². The van der Waals surface area contributed by atoms with Crippen LogP contribution < -0.4 is 0 Å². The molecular weight excluding hydrogens is 324 g/mol. The molecule has 0 aromatic rings. The van der Waals surface area contributed by atoms with Gasteiger partial charge in [0.25, 0.3) is 0 Å². The van der Waals surface area contributed by atoms with E-state index in [1.165, 1.54) is 31.8 Å². The molecule has 0 saturated heterocycles. The Hall–Kier alpha value is -1.38. The zero-order valence-electron chi connectivity index (χ0n) is 16.6. The van der Waals surface area contributed by atoms with Crippen LogP contribution in [0.15, 0.2) is 23.3 Å². The first-order valence-corrected chi connectivity index (χ1v) is 10.3. The van der Waals surface area contributed by atoms with Crippen LogP contribution in [-0.4, -0.2) is 17.9 Å². The third-order valence-corrected chi connectivity index (χ3v) is 8.35. The van der Waals surface area contributed by atoms with E-state index in [4.69, 9.17) is 4.74 Å². The second-order valence-electron chi connectivity index (χ2n) is 9.64. The number of hydrogen-bond acceptors (Lipinski definition) is 3. The number of carbonyl (C=O) groups excluding carboxylic acids is 2. The molecule has 4 aliphatic carbocycles. The van der Waals surface area contributed by atoms with Gasteiger partial charge < -0.3 is 4.74 Å². The molecule has 142 valence electrons. The van der Waals surface area contributed by atoms with Crippen LogP contribution in [0.4, 0.5) is 0 Å². The normalized spacial score (nSPS) is 44.2. The van der Waals surface area contributed by atoms with Crippen molar-refractivity contribution in [3.63, 3.8) is 0 Å². The maximum Gasteiger partial charge on any atom is 0.302 e. The van der Waals surface area contributed by atoms with Crippen molar-refractivity contribution in [2.45, 2.75) is 78.7 Å². The van der Waals surface area contributed by atoms with Gasteiger partial charge in [-0.25, -0.2) is 0 Å². The average Bonchev–Trinajstić information content (AvgIpc) is 2.92. The molecule has 3 nitrogen and oxygen atoms in total. The second-order valence-corrected chi connectivity index (χ2v) is 9.64. The SMILES string of the molecule is CC(=O)O[C@@H]1CC[C@]2(C)C(=CC=C3[C@H]4CC[C@@H](C(C)=O)[C@@]4(C)CC[C@@H]32)C1. The number of rotatable bonds is 2. The Bertz CT molecular complexity index is 702. The lowest BCUT2D eigenvalue weighted by molar-refractivity contribution is -0.148. The van der Waals surface area contributed by atoms with E-state index in [0.717, 1.165) is 25.7 Å². The van der Waals surface area contributed by atoms with Crippen molar-refractivity contribution < 1.29 is 14.3 Å². The summed E-state index contributed by atoms with van der Waals surface area (Å²) in [4.78, 5) is 23.6. The highest BCUT2D eigenvalue weighted by molar-refractivity contribution is 5.79. The number of esters is 1. The van der Waals surface area contributed by atoms with Crippen molar-refractivity contribution in [2.75, 3.05) is 0 Å². The quantitative estimate of drug-likeness (QED) is 0.654. The number of carbonyl (C=O) groups is 2. The minimum Gasteiger partial charge on any atom is -0.462 e. The molecule has 0 bridgehead atoms. The monoisotopic (exact) mass is 356 g/mol. The van der Waals surface area contributed by atoms with Gasteiger partial charge in [-0.3, -0.25) is 9.59 Å². The molecule has 26 heavy (non-hydrogen) atoms. The average molecular weight is 357 g/mol. The van der Waals surface area contributed by atoms with Crippen molar-refractivity contribution >= 4 is 11.8 Å². The number of Topliss-reactive ketones (excluding diaryl/α,β-unsaturated/α-hetero) is 1. The summed E-state index contributed by atoms with van der Waals surface area (Å²) in [5.41, 5.74) is 3.44. The predicted molar refractivity (Wildman–Crippen MR) is 101 cm³/mol. The van der Waals surface area contributed by atoms with Gasteiger partial charge in [0.1, 0.15) is 11.9 Å². The van der Waals surface area contributed by atoms with E-state index < -0.39 is 0 Å². The summed E-state index contributed by atoms with van der Waals surface area (Å²) < 4.78 is 5.51. The van der Waals surface area contributed by atoms with Crippen molar-refractivity contribution in [1.29, 1.82) is 0 Å². The van der Waals surface area contributed by atoms with Gasteiger partial charge in [0.15, 0.2) is 0 Å². The topological polar surface area (TPSA) is 43.4 Å². The summed E-state index contributed by atoms with van der Waals surface area (Å²) >= 11 is 0. The van der Waals surface area contributed by atoms with Crippen molar-refractivity contribution in [2.24, 2.45) is 28.6 Å². The Morgan fingerprint density at radius 1 is 1.00 bits per heavy atom. The maximum absolute atomic E-state index is 12.2. The largest absolute Gasteiger partial charge is 0.462 e. The first-order valence-electron chi connectivity index (χ1n) is 10.3. The summed E-state index contributed by atoms with van der Waals surface area (Å²) in [6.07, 6.45) is 12.3. The Morgan fingerprint density at radius 3 is 2.46 bits per heavy atom. The van der Waals surface area contributed by atoms with Crippen LogP contribution in [0.25, 0.3) is 0 Å². The van der Waals surface area contributed by atoms with E-state index >= 15 is 0 Å². The van der Waals surface area contributed by atoms with E-state index in [0.29, 0.717) is 17.6 Å². The fraction of sp³-hybridized carbons (Fsp3) is 0.739. The van der Waals surface area contributed by atoms with Crippen LogP contribution in [-0.2, 0) is 14.3 Å². The molecule has 0 radical (unpaired) electrons. The summed E-state index contributed by atoms with van der Waals surface area (Å²) in [5, 5.41) is 0. The maximum atomic E-state index is 12.2. The fourth-order valence-corrected chi connectivity index (χ4v) is 6.97. The van der Waals surface area contributed by atoms with Crippen LogP contribution in [0.3, 0.4) is 0 Å². The lowest BCUT2D eigenvalue weighted by Gasteiger charge is -2.54. The van der Waals surface area contributed by atoms with Gasteiger partial charge in [-0.15, -0.1) is 0 Å². The zero-order chi connectivity index (χ0) is 18.7. The smallest absolute Gasteiger partial charge is 0.302 e. The lowest BCUT2D eigenvalue weighted by atomic mass is 9.50. The van der Waals surface area contributed by atoms with Gasteiger partial charge in [-0.2, -0.15) is 0 Å². The van der Waals surface area contributed by atoms with Gasteiger partial charge in [0.05, 0.1) is 0 Å². The van der Waals surface area contributed by atoms with E-state index in [2.05, 4.69) is 26.0 Å². The molecule has 3 heteroatoms. The third kappa shape index (κ3) is 2.53. The first kappa shape index (κ1) is 18.0. The molecule has 3 saturated carbocycles. The molecule has 0 amide bonds. The number of ketones is 1. The number of ether oxygens (including phenoxy) is 1. The summed E-state index contributed by atoms with van der Waals surface area (Å²) in [6.45, 7) is 8.09. The molecule has 6 atom stereocenters. The van der Waals surface area contributed by atoms with Crippen LogP contribution in [0.1, 0.15) is 72.6 Å². The third-order valence-electron chi connectivity index (χ3n) is 8.35. The van der Waals surface area contributed by atoms with E-state index in [9.17, 15) is 9.59 Å². The van der Waals surface area contributed by atoms with Gasteiger partial charge in [0.2, 0.25) is 0 Å². The van der Waals surface area contributed by atoms with Gasteiger partial charge in [-0.05, 0) is 68.1 Å². The fourth-order valence-electron chi connectivity index (χ4n) is 6.97. The number of allylic oxidation sites excluding steroid dienone is 3. The molecule has 0 N–H and O–H groups in total. The predicted octanol–water partition coefficient (Wildman–Crippen LogP) is 5.01. The minimum atomic E-state index is -0.166. The molecule has 0 aliphatic heterocycles. The molecule has 0 spiro atoms. The van der Waals surface area contributed by atoms with Crippen LogP contribution in [0.2, 0.25) is 0 Å². The summed E-state index contributed by atoms with van der Waals surface area (Å²) in [6, 6.07) is 0. The van der Waals surface area contributed by atoms with Crippen LogP contribution in [0.5, 0.6) is 0 Å². The molecule has 0 heterocycles. The van der Waals surface area contributed by atoms with E-state index in [1.807, 2.05) is 0 Å². The lowest BCUT2D eigenvalue weighted by Crippen LogP contribution is -2.46. The number of fused-ring (bicyclic) bond motifs is 5. The molecule has 3 fully saturated rings. The van der Waals surface area contributed by atoms with Crippen molar-refractivity contribution in [3.05, 3.63) is 23.3 Å². The van der Waals surface area contributed by atoms with Gasteiger partial charge in [0, 0.05) is 19.3 Å². The second kappa shape index (κ2) is 6.07. The Kier molecular flexibility index (Phi) is 4.20. The minimum absolute atomic E-state index is 0.0456. The molecule has 4 aliphatic rings. The van der Waals surface area contributed by atoms with E-state index in [1.54, 1.807) is 12.5 Å². The Morgan fingerprint density at radius 2 is 1.77 bits per heavy atom. The van der Waals surface area contributed by atoms with Gasteiger partial charge >= 0.3 is 5.97 Å². The summed E-state index contributed by atoms with van der Waals surface area (Å²) in [5.74, 6) is 1.63. The highest BCUT2D eigenvalue weighted by Crippen LogP contribution is 2.65. The molecule has 0 unspecified atom stereocenters. The van der Waals surface area contributed by atoms with Crippen LogP contribution in [0, 0.1) is 28.6 Å². The standard InChI is InChI=1S/C23H32O3/c1-14(24)19-7-8-20-18-6-5-16-13-17(26-15(2)25)9-11-22(16,3)21(18)10-12-23(19,20)4/h5-6,17,19-21H,7-13H2,1-4H3/t17-,19+,20-,21+,22-,23-/m1/s1.